The molecule has 18 heavy (non-hydrogen) atoms. The van der Waals surface area contributed by atoms with E-state index >= 15 is 0 Å². The maximum Gasteiger partial charge on any atom is 0.116 e. The van der Waals surface area contributed by atoms with E-state index in [1.54, 1.807) is 36.4 Å². The van der Waals surface area contributed by atoms with Gasteiger partial charge < -0.3 is 5.11 Å². The molecule has 0 bridgehead atoms. The van der Waals surface area contributed by atoms with E-state index in [-0.39, 0.29) is 5.75 Å². The molecule has 0 atom stereocenters. The number of phenolic OH excluding ortho intramolecular Hbond substituents is 1. The molecule has 3 aromatic rings. The molecule has 3 nitrogen and oxygen atoms in total. The summed E-state index contributed by atoms with van der Waals surface area (Å²) in [5, 5.41) is 20.8. The van der Waals surface area contributed by atoms with Crippen LogP contribution in [0.25, 0.3) is 21.8 Å². The van der Waals surface area contributed by atoms with Crippen molar-refractivity contribution in [2.75, 3.05) is 0 Å². The van der Waals surface area contributed by atoms with E-state index in [0.29, 0.717) is 27.0 Å². The molecule has 0 saturated heterocycles. The average Bonchev–Trinajstić information content (AvgIpc) is 2.36. The second kappa shape index (κ2) is 3.86. The Morgan fingerprint density at radius 1 is 1.06 bits per heavy atom. The van der Waals surface area contributed by atoms with Crippen LogP contribution >= 0.6 is 11.6 Å². The third-order valence-electron chi connectivity index (χ3n) is 2.83. The molecule has 4 heteroatoms. The van der Waals surface area contributed by atoms with Crippen molar-refractivity contribution >= 4 is 33.4 Å². The van der Waals surface area contributed by atoms with Crippen LogP contribution in [-0.4, -0.2) is 10.1 Å². The van der Waals surface area contributed by atoms with Crippen molar-refractivity contribution in [3.05, 3.63) is 47.0 Å². The van der Waals surface area contributed by atoms with Crippen molar-refractivity contribution in [2.45, 2.75) is 0 Å². The third-order valence-corrected chi connectivity index (χ3v) is 3.07. The van der Waals surface area contributed by atoms with E-state index in [9.17, 15) is 10.4 Å². The maximum atomic E-state index is 9.51. The molecule has 0 spiro atoms. The summed E-state index contributed by atoms with van der Waals surface area (Å²) in [5.74, 6) is 0.120. The summed E-state index contributed by atoms with van der Waals surface area (Å²) < 4.78 is 0. The van der Waals surface area contributed by atoms with Gasteiger partial charge in [-0.1, -0.05) is 11.6 Å². The Kier molecular flexibility index (Phi) is 2.32. The quantitative estimate of drug-likeness (QED) is 0.624. The summed E-state index contributed by atoms with van der Waals surface area (Å²) in [7, 11) is 0. The fourth-order valence-corrected chi connectivity index (χ4v) is 2.19. The van der Waals surface area contributed by atoms with Gasteiger partial charge in [0.1, 0.15) is 11.8 Å². The zero-order chi connectivity index (χ0) is 12.7. The second-order valence-electron chi connectivity index (χ2n) is 3.96. The molecule has 0 aliphatic heterocycles. The lowest BCUT2D eigenvalue weighted by Crippen LogP contribution is -1.88. The Labute approximate surface area is 108 Å². The topological polar surface area (TPSA) is 56.9 Å². The molecular formula is C14H7ClN2O. The highest BCUT2D eigenvalue weighted by Crippen LogP contribution is 2.29. The van der Waals surface area contributed by atoms with Gasteiger partial charge in [-0.15, -0.1) is 0 Å². The van der Waals surface area contributed by atoms with Crippen molar-refractivity contribution in [2.24, 2.45) is 0 Å². The van der Waals surface area contributed by atoms with Crippen LogP contribution in [0.15, 0.2) is 36.4 Å². The highest BCUT2D eigenvalue weighted by Gasteiger charge is 2.09. The smallest absolute Gasteiger partial charge is 0.116 e. The summed E-state index contributed by atoms with van der Waals surface area (Å²) in [6, 6.07) is 12.2. The number of fused-ring (bicyclic) bond motifs is 2. The van der Waals surface area contributed by atoms with Crippen molar-refractivity contribution in [1.29, 1.82) is 5.26 Å². The van der Waals surface area contributed by atoms with Crippen LogP contribution in [-0.2, 0) is 0 Å². The van der Waals surface area contributed by atoms with Crippen LogP contribution in [0.3, 0.4) is 0 Å². The lowest BCUT2D eigenvalue weighted by molar-refractivity contribution is 0.476. The predicted octanol–water partition coefficient (Wildman–Crippen LogP) is 3.62. The van der Waals surface area contributed by atoms with Gasteiger partial charge in [0.2, 0.25) is 0 Å². The van der Waals surface area contributed by atoms with E-state index in [0.717, 1.165) is 5.39 Å². The molecular weight excluding hydrogens is 248 g/mol. The monoisotopic (exact) mass is 254 g/mol. The summed E-state index contributed by atoms with van der Waals surface area (Å²) in [4.78, 5) is 4.44. The van der Waals surface area contributed by atoms with Crippen LogP contribution in [0, 0.1) is 11.3 Å². The molecule has 86 valence electrons. The minimum atomic E-state index is 0.120. The minimum absolute atomic E-state index is 0.120. The molecule has 0 fully saturated rings. The first-order chi connectivity index (χ1) is 8.69. The van der Waals surface area contributed by atoms with Gasteiger partial charge in [0.05, 0.1) is 16.6 Å². The highest BCUT2D eigenvalue weighted by molar-refractivity contribution is 6.31. The normalized spacial score (nSPS) is 10.7. The van der Waals surface area contributed by atoms with Crippen LogP contribution < -0.4 is 0 Å². The fraction of sp³-hybridized carbons (Fsp3) is 0. The largest absolute Gasteiger partial charge is 0.508 e. The Balaban J connectivity index is 2.57. The molecule has 0 saturated carbocycles. The minimum Gasteiger partial charge on any atom is -0.508 e. The standard InChI is InChI=1S/C14H7ClN2O/c15-8-1-3-10-12(7-16)11-6-9(18)2-4-13(11)17-14(10)5-8/h1-6,18H. The third kappa shape index (κ3) is 1.55. The first-order valence-electron chi connectivity index (χ1n) is 5.31. The SMILES string of the molecule is N#Cc1c2ccc(Cl)cc2nc2ccc(O)cc12. The zero-order valence-corrected chi connectivity index (χ0v) is 9.94. The molecule has 0 unspecified atom stereocenters. The molecule has 0 aliphatic rings. The van der Waals surface area contributed by atoms with Gasteiger partial charge >= 0.3 is 0 Å². The number of nitrogens with zero attached hydrogens (tertiary/aromatic N) is 2. The first-order valence-corrected chi connectivity index (χ1v) is 5.69. The number of aromatic nitrogens is 1. The molecule has 1 aromatic heterocycles. The number of hydrogen-bond acceptors (Lipinski definition) is 3. The molecule has 0 radical (unpaired) electrons. The van der Waals surface area contributed by atoms with Gasteiger partial charge in [-0.05, 0) is 36.4 Å². The summed E-state index contributed by atoms with van der Waals surface area (Å²) in [6.07, 6.45) is 0. The first kappa shape index (κ1) is 10.8. The Morgan fingerprint density at radius 3 is 2.67 bits per heavy atom. The number of pyridine rings is 1. The van der Waals surface area contributed by atoms with E-state index in [1.165, 1.54) is 0 Å². The number of benzene rings is 2. The van der Waals surface area contributed by atoms with Crippen LogP contribution in [0.4, 0.5) is 0 Å². The van der Waals surface area contributed by atoms with Crippen LogP contribution in [0.5, 0.6) is 5.75 Å². The number of nitriles is 1. The number of phenols is 1. The maximum absolute atomic E-state index is 9.51. The summed E-state index contributed by atoms with van der Waals surface area (Å²) in [5.41, 5.74) is 1.85. The Bertz CT molecular complexity index is 821. The van der Waals surface area contributed by atoms with Crippen molar-refractivity contribution in [3.8, 4) is 11.8 Å². The lowest BCUT2D eigenvalue weighted by atomic mass is 10.0. The van der Waals surface area contributed by atoms with Gasteiger partial charge in [0.15, 0.2) is 0 Å². The van der Waals surface area contributed by atoms with Gasteiger partial charge in [0, 0.05) is 15.8 Å². The fourth-order valence-electron chi connectivity index (χ4n) is 2.03. The highest BCUT2D eigenvalue weighted by atomic mass is 35.5. The van der Waals surface area contributed by atoms with Crippen molar-refractivity contribution in [3.63, 3.8) is 0 Å². The molecule has 1 N–H and O–H groups in total. The number of aromatic hydroxyl groups is 1. The lowest BCUT2D eigenvalue weighted by Gasteiger charge is -2.05. The number of hydrogen-bond donors (Lipinski definition) is 1. The molecule has 0 amide bonds. The number of halogens is 1. The van der Waals surface area contributed by atoms with Gasteiger partial charge in [0.25, 0.3) is 0 Å². The van der Waals surface area contributed by atoms with Crippen molar-refractivity contribution < 1.29 is 5.11 Å². The second-order valence-corrected chi connectivity index (χ2v) is 4.40. The van der Waals surface area contributed by atoms with Crippen molar-refractivity contribution in [1.82, 2.24) is 4.98 Å². The Morgan fingerprint density at radius 2 is 1.89 bits per heavy atom. The van der Waals surface area contributed by atoms with Gasteiger partial charge in [-0.3, -0.25) is 0 Å². The van der Waals surface area contributed by atoms with E-state index in [1.807, 2.05) is 0 Å². The molecule has 3 rings (SSSR count). The summed E-state index contributed by atoms with van der Waals surface area (Å²) >= 11 is 5.93. The summed E-state index contributed by atoms with van der Waals surface area (Å²) in [6.45, 7) is 0. The van der Waals surface area contributed by atoms with E-state index in [4.69, 9.17) is 11.6 Å². The number of rotatable bonds is 0. The molecule has 2 aromatic carbocycles. The molecule has 1 heterocycles. The molecule has 0 aliphatic carbocycles. The Hall–Kier alpha value is -2.31. The van der Waals surface area contributed by atoms with Crippen LogP contribution in [0.2, 0.25) is 5.02 Å². The van der Waals surface area contributed by atoms with Gasteiger partial charge in [-0.25, -0.2) is 4.98 Å². The predicted molar refractivity (Wildman–Crippen MR) is 70.6 cm³/mol. The van der Waals surface area contributed by atoms with E-state index in [2.05, 4.69) is 11.1 Å². The van der Waals surface area contributed by atoms with Crippen LogP contribution in [0.1, 0.15) is 5.56 Å². The average molecular weight is 255 g/mol. The zero-order valence-electron chi connectivity index (χ0n) is 9.18. The van der Waals surface area contributed by atoms with Gasteiger partial charge in [-0.2, -0.15) is 5.26 Å². The van der Waals surface area contributed by atoms with E-state index < -0.39 is 0 Å².